The minimum absolute atomic E-state index is 0.477. The second-order valence-electron chi connectivity index (χ2n) is 6.56. The second kappa shape index (κ2) is 6.62. The minimum atomic E-state index is 0.477. The highest BCUT2D eigenvalue weighted by molar-refractivity contribution is 5.95. The van der Waals surface area contributed by atoms with Gasteiger partial charge >= 0.3 is 0 Å². The van der Waals surface area contributed by atoms with E-state index in [4.69, 9.17) is 0 Å². The standard InChI is InChI=1S/C22H27N/c1-5-18-19(6-2)21-13-9-10-14-22(21)23(16(3)4)15-17-11-7-8-12-20(17)18/h7-14,16H,5-6,15H2,1-4H3/b19-18-. The molecule has 0 amide bonds. The van der Waals surface area contributed by atoms with Crippen molar-refractivity contribution >= 4 is 16.8 Å². The number of para-hydroxylation sites is 1. The van der Waals surface area contributed by atoms with Gasteiger partial charge in [-0.05, 0) is 55.0 Å². The number of allylic oxidation sites excluding steroid dienone is 2. The Balaban J connectivity index is 2.35. The number of hydrogen-bond donors (Lipinski definition) is 0. The highest BCUT2D eigenvalue weighted by Gasteiger charge is 2.23. The van der Waals surface area contributed by atoms with Gasteiger partial charge in [-0.3, -0.25) is 0 Å². The summed E-state index contributed by atoms with van der Waals surface area (Å²) in [6.45, 7) is 10.1. The topological polar surface area (TPSA) is 3.24 Å². The highest BCUT2D eigenvalue weighted by Crippen LogP contribution is 2.40. The van der Waals surface area contributed by atoms with Crippen molar-refractivity contribution in [2.24, 2.45) is 0 Å². The van der Waals surface area contributed by atoms with E-state index in [-0.39, 0.29) is 0 Å². The van der Waals surface area contributed by atoms with Crippen LogP contribution in [0.4, 0.5) is 5.69 Å². The molecule has 0 atom stereocenters. The van der Waals surface area contributed by atoms with E-state index in [9.17, 15) is 0 Å². The second-order valence-corrected chi connectivity index (χ2v) is 6.56. The van der Waals surface area contributed by atoms with E-state index in [0.717, 1.165) is 19.4 Å². The van der Waals surface area contributed by atoms with E-state index in [1.54, 1.807) is 0 Å². The van der Waals surface area contributed by atoms with Crippen LogP contribution in [0.2, 0.25) is 0 Å². The Morgan fingerprint density at radius 3 is 2.04 bits per heavy atom. The molecule has 2 aromatic carbocycles. The van der Waals surface area contributed by atoms with Gasteiger partial charge in [0.1, 0.15) is 0 Å². The summed E-state index contributed by atoms with van der Waals surface area (Å²) in [5.41, 5.74) is 8.68. The van der Waals surface area contributed by atoms with Crippen LogP contribution < -0.4 is 4.90 Å². The summed E-state index contributed by atoms with van der Waals surface area (Å²) in [6, 6.07) is 18.3. The van der Waals surface area contributed by atoms with Crippen molar-refractivity contribution in [3.8, 4) is 0 Å². The molecular formula is C22H27N. The van der Waals surface area contributed by atoms with Gasteiger partial charge in [0.15, 0.2) is 0 Å². The molecule has 0 unspecified atom stereocenters. The van der Waals surface area contributed by atoms with E-state index in [1.165, 1.54) is 33.5 Å². The first-order chi connectivity index (χ1) is 11.2. The molecule has 0 saturated heterocycles. The molecule has 0 N–H and O–H groups in total. The summed E-state index contributed by atoms with van der Waals surface area (Å²) in [6.07, 6.45) is 2.15. The number of benzene rings is 2. The van der Waals surface area contributed by atoms with E-state index < -0.39 is 0 Å². The lowest BCUT2D eigenvalue weighted by atomic mass is 9.86. The van der Waals surface area contributed by atoms with Gasteiger partial charge in [-0.1, -0.05) is 56.3 Å². The lowest BCUT2D eigenvalue weighted by Gasteiger charge is -2.35. The van der Waals surface area contributed by atoms with Crippen molar-refractivity contribution < 1.29 is 0 Å². The van der Waals surface area contributed by atoms with Gasteiger partial charge in [-0.2, -0.15) is 0 Å². The molecular weight excluding hydrogens is 278 g/mol. The first-order valence-electron chi connectivity index (χ1n) is 8.83. The zero-order chi connectivity index (χ0) is 16.4. The monoisotopic (exact) mass is 305 g/mol. The fourth-order valence-electron chi connectivity index (χ4n) is 3.79. The molecule has 0 fully saturated rings. The maximum atomic E-state index is 2.54. The molecule has 3 rings (SSSR count). The van der Waals surface area contributed by atoms with Crippen LogP contribution in [0.1, 0.15) is 57.2 Å². The molecule has 0 aromatic heterocycles. The Morgan fingerprint density at radius 1 is 0.826 bits per heavy atom. The molecule has 1 nitrogen and oxygen atoms in total. The summed E-state index contributed by atoms with van der Waals surface area (Å²) in [5, 5.41) is 0. The first-order valence-corrected chi connectivity index (χ1v) is 8.83. The quantitative estimate of drug-likeness (QED) is 0.657. The molecule has 1 aliphatic heterocycles. The third-order valence-corrected chi connectivity index (χ3v) is 4.92. The molecule has 1 heteroatoms. The van der Waals surface area contributed by atoms with Gasteiger partial charge in [0.2, 0.25) is 0 Å². The average molecular weight is 305 g/mol. The zero-order valence-electron chi connectivity index (χ0n) is 14.8. The normalized spacial score (nSPS) is 17.5. The third kappa shape index (κ3) is 2.81. The Kier molecular flexibility index (Phi) is 4.56. The summed E-state index contributed by atoms with van der Waals surface area (Å²) >= 11 is 0. The van der Waals surface area contributed by atoms with E-state index in [2.05, 4.69) is 81.1 Å². The van der Waals surface area contributed by atoms with Crippen LogP contribution in [0, 0.1) is 0 Å². The number of nitrogens with zero attached hydrogens (tertiary/aromatic N) is 1. The number of anilines is 1. The van der Waals surface area contributed by atoms with Crippen LogP contribution in [-0.2, 0) is 6.54 Å². The summed E-state index contributed by atoms with van der Waals surface area (Å²) in [4.78, 5) is 2.54. The fourth-order valence-corrected chi connectivity index (χ4v) is 3.79. The van der Waals surface area contributed by atoms with E-state index >= 15 is 0 Å². The molecule has 2 aromatic rings. The predicted octanol–water partition coefficient (Wildman–Crippen LogP) is 6.15. The SMILES string of the molecule is CC/C1=C(\CC)c2ccccc2N(C(C)C)Cc2ccccc21. The van der Waals surface area contributed by atoms with Crippen LogP contribution >= 0.6 is 0 Å². The molecule has 120 valence electrons. The zero-order valence-corrected chi connectivity index (χ0v) is 14.8. The van der Waals surface area contributed by atoms with E-state index in [0.29, 0.717) is 6.04 Å². The smallest absolute Gasteiger partial charge is 0.0448 e. The van der Waals surface area contributed by atoms with Gasteiger partial charge in [0, 0.05) is 23.8 Å². The third-order valence-electron chi connectivity index (χ3n) is 4.92. The van der Waals surface area contributed by atoms with Crippen molar-refractivity contribution in [2.75, 3.05) is 4.90 Å². The lowest BCUT2D eigenvalue weighted by molar-refractivity contribution is 0.680. The Hall–Kier alpha value is -2.02. The van der Waals surface area contributed by atoms with Gasteiger partial charge in [0.25, 0.3) is 0 Å². The van der Waals surface area contributed by atoms with Crippen LogP contribution in [0.5, 0.6) is 0 Å². The largest absolute Gasteiger partial charge is 0.364 e. The fraction of sp³-hybridized carbons (Fsp3) is 0.364. The molecule has 0 saturated carbocycles. The summed E-state index contributed by atoms with van der Waals surface area (Å²) in [7, 11) is 0. The average Bonchev–Trinajstić information content (AvgIpc) is 2.56. The van der Waals surface area contributed by atoms with Crippen LogP contribution in [0.3, 0.4) is 0 Å². The predicted molar refractivity (Wildman–Crippen MR) is 102 cm³/mol. The van der Waals surface area contributed by atoms with Gasteiger partial charge < -0.3 is 4.90 Å². The minimum Gasteiger partial charge on any atom is -0.364 e. The molecule has 0 spiro atoms. The number of hydrogen-bond acceptors (Lipinski definition) is 1. The van der Waals surface area contributed by atoms with Crippen LogP contribution in [0.25, 0.3) is 11.1 Å². The van der Waals surface area contributed by atoms with Crippen LogP contribution in [-0.4, -0.2) is 6.04 Å². The molecule has 0 aliphatic carbocycles. The van der Waals surface area contributed by atoms with Crippen LogP contribution in [0.15, 0.2) is 48.5 Å². The first kappa shape index (κ1) is 15.9. The molecule has 0 bridgehead atoms. The maximum absolute atomic E-state index is 2.54. The number of fused-ring (bicyclic) bond motifs is 2. The highest BCUT2D eigenvalue weighted by atomic mass is 15.2. The maximum Gasteiger partial charge on any atom is 0.0448 e. The lowest BCUT2D eigenvalue weighted by Crippen LogP contribution is -2.32. The van der Waals surface area contributed by atoms with Crippen molar-refractivity contribution in [1.82, 2.24) is 0 Å². The van der Waals surface area contributed by atoms with E-state index in [1.807, 2.05) is 0 Å². The van der Waals surface area contributed by atoms with Crippen molar-refractivity contribution in [3.05, 3.63) is 65.2 Å². The Bertz CT molecular complexity index is 724. The Labute approximate surface area is 140 Å². The molecule has 23 heavy (non-hydrogen) atoms. The summed E-state index contributed by atoms with van der Waals surface area (Å²) < 4.78 is 0. The van der Waals surface area contributed by atoms with Gasteiger partial charge in [-0.25, -0.2) is 0 Å². The van der Waals surface area contributed by atoms with Crippen molar-refractivity contribution in [1.29, 1.82) is 0 Å². The van der Waals surface area contributed by atoms with Gasteiger partial charge in [-0.15, -0.1) is 0 Å². The number of rotatable bonds is 3. The molecule has 1 aliphatic rings. The summed E-state index contributed by atoms with van der Waals surface area (Å²) in [5.74, 6) is 0. The van der Waals surface area contributed by atoms with Gasteiger partial charge in [0.05, 0.1) is 0 Å². The Morgan fingerprint density at radius 2 is 1.39 bits per heavy atom. The van der Waals surface area contributed by atoms with Crippen molar-refractivity contribution in [2.45, 2.75) is 53.1 Å². The van der Waals surface area contributed by atoms with Crippen molar-refractivity contribution in [3.63, 3.8) is 0 Å². The molecule has 0 radical (unpaired) electrons. The molecule has 1 heterocycles.